The fourth-order valence-electron chi connectivity index (χ4n) is 5.41. The van der Waals surface area contributed by atoms with Gasteiger partial charge in [-0.3, -0.25) is 9.59 Å². The molecule has 2 amide bonds. The van der Waals surface area contributed by atoms with Crippen LogP contribution >= 0.6 is 0 Å². The van der Waals surface area contributed by atoms with Crippen molar-refractivity contribution in [3.05, 3.63) is 89.5 Å². The van der Waals surface area contributed by atoms with Crippen molar-refractivity contribution in [2.45, 2.75) is 25.2 Å². The molecule has 1 N–H and O–H groups in total. The highest BCUT2D eigenvalue weighted by Crippen LogP contribution is 2.33. The molecule has 0 atom stereocenters. The van der Waals surface area contributed by atoms with Crippen LogP contribution in [0.2, 0.25) is 0 Å². The first-order valence-corrected chi connectivity index (χ1v) is 13.4. The minimum atomic E-state index is -0.0181. The molecule has 38 heavy (non-hydrogen) atoms. The molecule has 198 valence electrons. The first kappa shape index (κ1) is 25.8. The Balaban J connectivity index is 1.14. The first-order valence-electron chi connectivity index (χ1n) is 13.4. The van der Waals surface area contributed by atoms with Gasteiger partial charge in [0, 0.05) is 25.2 Å². The summed E-state index contributed by atoms with van der Waals surface area (Å²) >= 11 is 0. The molecule has 1 saturated heterocycles. The van der Waals surface area contributed by atoms with Gasteiger partial charge in [-0.1, -0.05) is 42.5 Å². The van der Waals surface area contributed by atoms with E-state index in [1.54, 1.807) is 7.11 Å². The molecule has 2 heterocycles. The normalized spacial score (nSPS) is 16.0. The maximum absolute atomic E-state index is 13.1. The largest absolute Gasteiger partial charge is 0.497 e. The van der Waals surface area contributed by atoms with Gasteiger partial charge in [-0.05, 0) is 79.7 Å². The summed E-state index contributed by atoms with van der Waals surface area (Å²) in [4.78, 5) is 29.9. The molecule has 2 aliphatic rings. The number of amides is 2. The van der Waals surface area contributed by atoms with Crippen LogP contribution in [0.1, 0.15) is 40.2 Å². The van der Waals surface area contributed by atoms with Crippen molar-refractivity contribution in [1.82, 2.24) is 10.2 Å². The quantitative estimate of drug-likeness (QED) is 0.463. The standard InChI is InChI=1S/C31H35N3O4/c1-37-25-8-6-7-23(21-25)13-16-32-31(36)27-10-3-2-9-26(27)24-14-17-33(18-15-24)19-20-34-28-11-4-5-12-29(28)38-22-30(34)35/h2-12,21,24H,13-20,22H2,1H3,(H,32,36). The average Bonchev–Trinajstić information content (AvgIpc) is 2.97. The molecule has 0 spiro atoms. The summed E-state index contributed by atoms with van der Waals surface area (Å²) in [7, 11) is 1.66. The molecule has 0 unspecified atom stereocenters. The Morgan fingerprint density at radius 1 is 1.00 bits per heavy atom. The van der Waals surface area contributed by atoms with Crippen LogP contribution in [0.25, 0.3) is 0 Å². The lowest BCUT2D eigenvalue weighted by molar-refractivity contribution is -0.121. The molecule has 0 bridgehead atoms. The zero-order valence-electron chi connectivity index (χ0n) is 21.9. The summed E-state index contributed by atoms with van der Waals surface area (Å²) < 4.78 is 10.9. The smallest absolute Gasteiger partial charge is 0.265 e. The Morgan fingerprint density at radius 2 is 1.79 bits per heavy atom. The van der Waals surface area contributed by atoms with E-state index in [1.165, 1.54) is 0 Å². The number of hydrogen-bond acceptors (Lipinski definition) is 5. The van der Waals surface area contributed by atoms with Crippen LogP contribution in [0, 0.1) is 0 Å². The molecule has 0 radical (unpaired) electrons. The Bertz CT molecular complexity index is 1270. The fourth-order valence-corrected chi connectivity index (χ4v) is 5.41. The van der Waals surface area contributed by atoms with E-state index in [-0.39, 0.29) is 18.4 Å². The van der Waals surface area contributed by atoms with Gasteiger partial charge >= 0.3 is 0 Å². The number of nitrogens with zero attached hydrogens (tertiary/aromatic N) is 2. The zero-order valence-corrected chi connectivity index (χ0v) is 21.9. The highest BCUT2D eigenvalue weighted by atomic mass is 16.5. The van der Waals surface area contributed by atoms with Crippen LogP contribution in [-0.4, -0.2) is 63.2 Å². The number of carbonyl (C=O) groups excluding carboxylic acids is 2. The number of ether oxygens (including phenoxy) is 2. The van der Waals surface area contributed by atoms with Crippen molar-refractivity contribution in [2.75, 3.05) is 51.3 Å². The molecule has 1 fully saturated rings. The average molecular weight is 514 g/mol. The number of para-hydroxylation sites is 2. The third kappa shape index (κ3) is 6.00. The number of likely N-dealkylation sites (tertiary alicyclic amines) is 1. The fraction of sp³-hybridized carbons (Fsp3) is 0.355. The van der Waals surface area contributed by atoms with E-state index in [4.69, 9.17) is 9.47 Å². The Hall–Kier alpha value is -3.84. The van der Waals surface area contributed by atoms with Crippen molar-refractivity contribution < 1.29 is 19.1 Å². The summed E-state index contributed by atoms with van der Waals surface area (Å²) in [6.45, 7) is 4.02. The topological polar surface area (TPSA) is 71.1 Å². The van der Waals surface area contributed by atoms with Crippen molar-refractivity contribution in [3.63, 3.8) is 0 Å². The molecule has 0 saturated carbocycles. The van der Waals surface area contributed by atoms with E-state index < -0.39 is 0 Å². The Kier molecular flexibility index (Phi) is 8.24. The summed E-state index contributed by atoms with van der Waals surface area (Å²) in [6.07, 6.45) is 2.73. The number of rotatable bonds is 9. The zero-order chi connectivity index (χ0) is 26.3. The molecular weight excluding hydrogens is 478 g/mol. The van der Waals surface area contributed by atoms with Crippen molar-refractivity contribution in [1.29, 1.82) is 0 Å². The summed E-state index contributed by atoms with van der Waals surface area (Å²) in [5.74, 6) is 1.92. The van der Waals surface area contributed by atoms with Crippen LogP contribution in [0.5, 0.6) is 11.5 Å². The van der Waals surface area contributed by atoms with Crippen LogP contribution < -0.4 is 19.7 Å². The lowest BCUT2D eigenvalue weighted by atomic mass is 9.86. The molecule has 7 heteroatoms. The maximum Gasteiger partial charge on any atom is 0.265 e. The van der Waals surface area contributed by atoms with E-state index in [1.807, 2.05) is 71.6 Å². The van der Waals surface area contributed by atoms with Gasteiger partial charge in [0.25, 0.3) is 11.8 Å². The predicted molar refractivity (Wildman–Crippen MR) is 148 cm³/mol. The predicted octanol–water partition coefficient (Wildman–Crippen LogP) is 4.27. The van der Waals surface area contributed by atoms with E-state index in [0.29, 0.717) is 19.0 Å². The minimum Gasteiger partial charge on any atom is -0.497 e. The summed E-state index contributed by atoms with van der Waals surface area (Å²) in [5.41, 5.74) is 3.88. The maximum atomic E-state index is 13.1. The molecule has 3 aromatic carbocycles. The van der Waals surface area contributed by atoms with Gasteiger partial charge in [0.1, 0.15) is 11.5 Å². The molecule has 0 aromatic heterocycles. The van der Waals surface area contributed by atoms with Crippen molar-refractivity contribution in [3.8, 4) is 11.5 Å². The lowest BCUT2D eigenvalue weighted by Crippen LogP contribution is -2.45. The molecule has 5 rings (SSSR count). The Labute approximate surface area is 224 Å². The molecule has 2 aliphatic heterocycles. The third-order valence-corrected chi connectivity index (χ3v) is 7.51. The summed E-state index contributed by atoms with van der Waals surface area (Å²) in [5, 5.41) is 3.10. The van der Waals surface area contributed by atoms with Gasteiger partial charge in [0.15, 0.2) is 6.61 Å². The monoisotopic (exact) mass is 513 g/mol. The highest BCUT2D eigenvalue weighted by molar-refractivity contribution is 5.98. The number of methoxy groups -OCH3 is 1. The third-order valence-electron chi connectivity index (χ3n) is 7.51. The van der Waals surface area contributed by atoms with Gasteiger partial charge in [0.2, 0.25) is 0 Å². The minimum absolute atomic E-state index is 0.00456. The molecular formula is C31H35N3O4. The SMILES string of the molecule is COc1cccc(CCNC(=O)c2ccccc2C2CCN(CCN3C(=O)COc4ccccc43)CC2)c1. The van der Waals surface area contributed by atoms with E-state index >= 15 is 0 Å². The number of fused-ring (bicyclic) bond motifs is 1. The van der Waals surface area contributed by atoms with Crippen molar-refractivity contribution >= 4 is 17.5 Å². The van der Waals surface area contributed by atoms with Gasteiger partial charge in [0.05, 0.1) is 12.8 Å². The highest BCUT2D eigenvalue weighted by Gasteiger charge is 2.28. The van der Waals surface area contributed by atoms with Gasteiger partial charge in [-0.25, -0.2) is 0 Å². The number of anilines is 1. The summed E-state index contributed by atoms with van der Waals surface area (Å²) in [6, 6.07) is 23.6. The van der Waals surface area contributed by atoms with Gasteiger partial charge in [-0.15, -0.1) is 0 Å². The molecule has 7 nitrogen and oxygen atoms in total. The van der Waals surface area contributed by atoms with Crippen LogP contribution in [0.15, 0.2) is 72.8 Å². The van der Waals surface area contributed by atoms with Crippen LogP contribution in [0.3, 0.4) is 0 Å². The van der Waals surface area contributed by atoms with E-state index in [0.717, 1.165) is 72.8 Å². The number of piperidine rings is 1. The second-order valence-corrected chi connectivity index (χ2v) is 9.86. The lowest BCUT2D eigenvalue weighted by Gasteiger charge is -2.35. The second-order valence-electron chi connectivity index (χ2n) is 9.86. The van der Waals surface area contributed by atoms with Gasteiger partial charge < -0.3 is 24.6 Å². The van der Waals surface area contributed by atoms with Crippen molar-refractivity contribution in [2.24, 2.45) is 0 Å². The molecule has 3 aromatic rings. The second kappa shape index (κ2) is 12.1. The molecule has 0 aliphatic carbocycles. The number of hydrogen-bond donors (Lipinski definition) is 1. The van der Waals surface area contributed by atoms with Gasteiger partial charge in [-0.2, -0.15) is 0 Å². The number of benzene rings is 3. The Morgan fingerprint density at radius 3 is 2.63 bits per heavy atom. The van der Waals surface area contributed by atoms with Crippen LogP contribution in [-0.2, 0) is 11.2 Å². The number of carbonyl (C=O) groups is 2. The van der Waals surface area contributed by atoms with E-state index in [9.17, 15) is 9.59 Å². The number of nitrogens with one attached hydrogen (secondary N) is 1. The van der Waals surface area contributed by atoms with Crippen LogP contribution in [0.4, 0.5) is 5.69 Å². The van der Waals surface area contributed by atoms with E-state index in [2.05, 4.69) is 16.3 Å². The first-order chi connectivity index (χ1) is 18.6.